The molecule has 1 unspecified atom stereocenters. The quantitative estimate of drug-likeness (QED) is 0.868. The molecule has 0 aromatic carbocycles. The monoisotopic (exact) mass is 280 g/mol. The highest BCUT2D eigenvalue weighted by atomic mass is 32.2. The van der Waals surface area contributed by atoms with E-state index in [-0.39, 0.29) is 6.04 Å². The minimum Gasteiger partial charge on any atom is -0.327 e. The van der Waals surface area contributed by atoms with Gasteiger partial charge in [0.15, 0.2) is 0 Å². The van der Waals surface area contributed by atoms with Crippen molar-refractivity contribution >= 4 is 11.8 Å². The number of hydrogen-bond acceptors (Lipinski definition) is 5. The van der Waals surface area contributed by atoms with Gasteiger partial charge in [0.2, 0.25) is 5.16 Å². The fourth-order valence-corrected chi connectivity index (χ4v) is 2.88. The van der Waals surface area contributed by atoms with E-state index in [0.29, 0.717) is 5.16 Å². The fraction of sp³-hybridized carbons (Fsp3) is 0.583. The molecule has 7 heteroatoms. The van der Waals surface area contributed by atoms with Crippen molar-refractivity contribution in [3.05, 3.63) is 17.1 Å². The Bertz CT molecular complexity index is 559. The maximum atomic E-state index is 6.07. The van der Waals surface area contributed by atoms with Crippen molar-refractivity contribution in [2.75, 3.05) is 0 Å². The Hall–Kier alpha value is -1.34. The summed E-state index contributed by atoms with van der Waals surface area (Å²) in [6.45, 7) is 6.01. The zero-order valence-electron chi connectivity index (χ0n) is 11.8. The molecule has 0 spiro atoms. The average molecular weight is 280 g/mol. The van der Waals surface area contributed by atoms with Gasteiger partial charge in [-0.15, -0.1) is 5.10 Å². The molecule has 0 aliphatic heterocycles. The Balaban J connectivity index is 2.28. The highest BCUT2D eigenvalue weighted by Crippen LogP contribution is 2.30. The van der Waals surface area contributed by atoms with Gasteiger partial charge in [0.05, 0.1) is 5.69 Å². The number of nitrogens with zero attached hydrogens (tertiary/aromatic N) is 4. The van der Waals surface area contributed by atoms with E-state index < -0.39 is 0 Å². The number of aryl methyl sites for hydroxylation is 3. The smallest absolute Gasteiger partial charge is 0.214 e. The van der Waals surface area contributed by atoms with E-state index in [4.69, 9.17) is 5.73 Å². The van der Waals surface area contributed by atoms with Crippen LogP contribution in [0.5, 0.6) is 0 Å². The van der Waals surface area contributed by atoms with E-state index in [0.717, 1.165) is 29.4 Å². The molecule has 6 nitrogen and oxygen atoms in total. The molecule has 0 saturated heterocycles. The average Bonchev–Trinajstić information content (AvgIpc) is 2.88. The third kappa shape index (κ3) is 3.16. The lowest BCUT2D eigenvalue weighted by Gasteiger charge is -2.09. The molecule has 19 heavy (non-hydrogen) atoms. The van der Waals surface area contributed by atoms with Crippen LogP contribution >= 0.6 is 11.8 Å². The first kappa shape index (κ1) is 14.1. The normalized spacial score (nSPS) is 12.9. The van der Waals surface area contributed by atoms with Crippen LogP contribution in [0.25, 0.3) is 0 Å². The van der Waals surface area contributed by atoms with E-state index in [2.05, 4.69) is 27.2 Å². The SMILES string of the molecule is CCC(N)Cc1c(C)nn(C)c1Sc1n[nH]c(C)n1. The van der Waals surface area contributed by atoms with Gasteiger partial charge in [0, 0.05) is 18.7 Å². The molecule has 2 aromatic rings. The molecule has 0 aliphatic carbocycles. The topological polar surface area (TPSA) is 85.4 Å². The van der Waals surface area contributed by atoms with Gasteiger partial charge in [-0.3, -0.25) is 9.78 Å². The van der Waals surface area contributed by atoms with Gasteiger partial charge in [-0.05, 0) is 38.5 Å². The number of aromatic nitrogens is 5. The van der Waals surface area contributed by atoms with Crippen molar-refractivity contribution in [2.24, 2.45) is 12.8 Å². The Morgan fingerprint density at radius 2 is 2.16 bits per heavy atom. The van der Waals surface area contributed by atoms with Gasteiger partial charge < -0.3 is 5.73 Å². The lowest BCUT2D eigenvalue weighted by atomic mass is 10.1. The number of H-pyrrole nitrogens is 1. The van der Waals surface area contributed by atoms with Crippen molar-refractivity contribution in [3.8, 4) is 0 Å². The summed E-state index contributed by atoms with van der Waals surface area (Å²) in [5, 5.41) is 13.3. The molecule has 1 atom stereocenters. The summed E-state index contributed by atoms with van der Waals surface area (Å²) in [6.07, 6.45) is 1.79. The molecule has 0 radical (unpaired) electrons. The lowest BCUT2D eigenvalue weighted by molar-refractivity contribution is 0.631. The Morgan fingerprint density at radius 3 is 2.74 bits per heavy atom. The van der Waals surface area contributed by atoms with Crippen LogP contribution < -0.4 is 5.73 Å². The molecule has 0 fully saturated rings. The molecule has 0 saturated carbocycles. The van der Waals surface area contributed by atoms with E-state index in [1.54, 1.807) is 0 Å². The molecular formula is C12H20N6S. The fourth-order valence-electron chi connectivity index (χ4n) is 1.90. The second kappa shape index (κ2) is 5.75. The number of nitrogens with two attached hydrogens (primary N) is 1. The van der Waals surface area contributed by atoms with E-state index in [1.165, 1.54) is 17.3 Å². The summed E-state index contributed by atoms with van der Waals surface area (Å²) in [5.74, 6) is 0.813. The van der Waals surface area contributed by atoms with Gasteiger partial charge >= 0.3 is 0 Å². The van der Waals surface area contributed by atoms with Crippen LogP contribution in [-0.4, -0.2) is 31.0 Å². The predicted molar refractivity (Wildman–Crippen MR) is 75.2 cm³/mol. The van der Waals surface area contributed by atoms with Gasteiger partial charge in [0.1, 0.15) is 10.9 Å². The summed E-state index contributed by atoms with van der Waals surface area (Å²) in [5.41, 5.74) is 8.29. The summed E-state index contributed by atoms with van der Waals surface area (Å²) in [4.78, 5) is 4.32. The first-order valence-electron chi connectivity index (χ1n) is 6.36. The molecular weight excluding hydrogens is 260 g/mol. The minimum absolute atomic E-state index is 0.163. The zero-order chi connectivity index (χ0) is 14.0. The van der Waals surface area contributed by atoms with Crippen LogP contribution in [-0.2, 0) is 13.5 Å². The van der Waals surface area contributed by atoms with Crippen molar-refractivity contribution in [3.63, 3.8) is 0 Å². The molecule has 0 aliphatic rings. The third-order valence-electron chi connectivity index (χ3n) is 3.04. The maximum Gasteiger partial charge on any atom is 0.214 e. The minimum atomic E-state index is 0.163. The number of aromatic amines is 1. The highest BCUT2D eigenvalue weighted by Gasteiger charge is 2.18. The van der Waals surface area contributed by atoms with Gasteiger partial charge in [-0.1, -0.05) is 6.92 Å². The van der Waals surface area contributed by atoms with Crippen LogP contribution in [0.4, 0.5) is 0 Å². The molecule has 104 valence electrons. The molecule has 2 rings (SSSR count). The summed E-state index contributed by atoms with van der Waals surface area (Å²) >= 11 is 1.53. The van der Waals surface area contributed by atoms with E-state index >= 15 is 0 Å². The van der Waals surface area contributed by atoms with Crippen LogP contribution in [0, 0.1) is 13.8 Å². The van der Waals surface area contributed by atoms with Crippen molar-refractivity contribution in [1.82, 2.24) is 25.0 Å². The third-order valence-corrected chi connectivity index (χ3v) is 4.11. The first-order chi connectivity index (χ1) is 9.01. The van der Waals surface area contributed by atoms with Gasteiger partial charge in [-0.2, -0.15) is 5.10 Å². The van der Waals surface area contributed by atoms with Gasteiger partial charge in [-0.25, -0.2) is 4.98 Å². The largest absolute Gasteiger partial charge is 0.327 e. The second-order valence-corrected chi connectivity index (χ2v) is 5.63. The van der Waals surface area contributed by atoms with E-state index in [1.807, 2.05) is 25.6 Å². The second-order valence-electron chi connectivity index (χ2n) is 4.67. The standard InChI is InChI=1S/C12H20N6S/c1-5-9(13)6-10-7(2)17-18(4)11(10)19-12-14-8(3)15-16-12/h9H,5-6,13H2,1-4H3,(H,14,15,16). The Kier molecular flexibility index (Phi) is 4.26. The first-order valence-corrected chi connectivity index (χ1v) is 7.17. The van der Waals surface area contributed by atoms with Crippen molar-refractivity contribution < 1.29 is 0 Å². The molecule has 2 heterocycles. The number of rotatable bonds is 5. The van der Waals surface area contributed by atoms with E-state index in [9.17, 15) is 0 Å². The summed E-state index contributed by atoms with van der Waals surface area (Å²) < 4.78 is 1.88. The number of nitrogens with one attached hydrogen (secondary N) is 1. The molecule has 0 amide bonds. The van der Waals surface area contributed by atoms with Crippen LogP contribution in [0.2, 0.25) is 0 Å². The Morgan fingerprint density at radius 1 is 1.42 bits per heavy atom. The zero-order valence-corrected chi connectivity index (χ0v) is 12.6. The van der Waals surface area contributed by atoms with Crippen molar-refractivity contribution in [2.45, 2.75) is 49.8 Å². The maximum absolute atomic E-state index is 6.07. The summed E-state index contributed by atoms with van der Waals surface area (Å²) in [7, 11) is 1.94. The Labute approximate surface area is 117 Å². The predicted octanol–water partition coefficient (Wildman–Crippen LogP) is 1.59. The van der Waals surface area contributed by atoms with Gasteiger partial charge in [0.25, 0.3) is 0 Å². The molecule has 0 bridgehead atoms. The van der Waals surface area contributed by atoms with Crippen LogP contribution in [0.1, 0.15) is 30.4 Å². The summed E-state index contributed by atoms with van der Waals surface area (Å²) in [6, 6.07) is 0.163. The van der Waals surface area contributed by atoms with Crippen molar-refractivity contribution in [1.29, 1.82) is 0 Å². The van der Waals surface area contributed by atoms with Crippen LogP contribution in [0.15, 0.2) is 10.2 Å². The molecule has 2 aromatic heterocycles. The molecule has 3 N–H and O–H groups in total. The number of hydrogen-bond donors (Lipinski definition) is 2. The van der Waals surface area contributed by atoms with Crippen LogP contribution in [0.3, 0.4) is 0 Å². The lowest BCUT2D eigenvalue weighted by Crippen LogP contribution is -2.21. The highest BCUT2D eigenvalue weighted by molar-refractivity contribution is 7.99.